The molecule has 2 aromatic rings. The van der Waals surface area contributed by atoms with Gasteiger partial charge in [-0.3, -0.25) is 4.90 Å². The number of nitrogens with zero attached hydrogens (tertiary/aromatic N) is 2. The summed E-state index contributed by atoms with van der Waals surface area (Å²) in [6, 6.07) is 13.6. The van der Waals surface area contributed by atoms with E-state index in [9.17, 15) is 13.5 Å². The Morgan fingerprint density at radius 2 is 1.66 bits per heavy atom. The van der Waals surface area contributed by atoms with E-state index in [4.69, 9.17) is 27.9 Å². The third-order valence-corrected chi connectivity index (χ3v) is 8.10. The van der Waals surface area contributed by atoms with Crippen LogP contribution in [-0.2, 0) is 21.3 Å². The summed E-state index contributed by atoms with van der Waals surface area (Å²) in [4.78, 5) is 2.31. The number of benzene rings is 2. The topological polar surface area (TPSA) is 70.1 Å². The Hall–Kier alpha value is -1.19. The van der Waals surface area contributed by atoms with Crippen molar-refractivity contribution in [1.82, 2.24) is 9.21 Å². The summed E-state index contributed by atoms with van der Waals surface area (Å²) in [5.41, 5.74) is 0.970. The zero-order valence-electron chi connectivity index (χ0n) is 18.9. The number of hydrogen-bond acceptors (Lipinski definition) is 5. The predicted molar refractivity (Wildman–Crippen MR) is 130 cm³/mol. The zero-order valence-corrected chi connectivity index (χ0v) is 21.2. The Labute approximate surface area is 201 Å². The van der Waals surface area contributed by atoms with Crippen molar-refractivity contribution in [1.29, 1.82) is 0 Å². The molecule has 0 amide bonds. The summed E-state index contributed by atoms with van der Waals surface area (Å²) < 4.78 is 32.9. The number of sulfonamides is 1. The maximum atomic E-state index is 12.9. The van der Waals surface area contributed by atoms with Crippen molar-refractivity contribution in [3.8, 4) is 0 Å². The second-order valence-corrected chi connectivity index (χ2v) is 10.9. The molecule has 6 nitrogen and oxygen atoms in total. The van der Waals surface area contributed by atoms with Gasteiger partial charge in [-0.15, -0.1) is 0 Å². The van der Waals surface area contributed by atoms with E-state index in [-0.39, 0.29) is 36.1 Å². The van der Waals surface area contributed by atoms with Crippen LogP contribution in [0.2, 0.25) is 10.0 Å². The smallest absolute Gasteiger partial charge is 0.242 e. The summed E-state index contributed by atoms with van der Waals surface area (Å²) in [6.07, 6.45) is -0.346. The van der Waals surface area contributed by atoms with Gasteiger partial charge in [-0.05, 0) is 48.7 Å². The van der Waals surface area contributed by atoms with Crippen LogP contribution in [-0.4, -0.2) is 68.7 Å². The number of rotatable bonds is 12. The highest BCUT2D eigenvalue weighted by molar-refractivity contribution is 7.89. The van der Waals surface area contributed by atoms with Crippen molar-refractivity contribution in [3.63, 3.8) is 0 Å². The Kier molecular flexibility index (Phi) is 10.4. The molecule has 0 radical (unpaired) electrons. The largest absolute Gasteiger partial charge is 0.395 e. The molecule has 178 valence electrons. The van der Waals surface area contributed by atoms with Crippen LogP contribution >= 0.6 is 23.2 Å². The van der Waals surface area contributed by atoms with Crippen LogP contribution in [0.5, 0.6) is 0 Å². The highest BCUT2D eigenvalue weighted by Crippen LogP contribution is 2.22. The minimum Gasteiger partial charge on any atom is -0.395 e. The first-order valence-corrected chi connectivity index (χ1v) is 12.6. The number of likely N-dealkylation sites (N-methyl/N-ethyl adjacent to an activating group) is 1. The lowest BCUT2D eigenvalue weighted by Crippen LogP contribution is -2.44. The Balaban J connectivity index is 2.12. The molecule has 0 unspecified atom stereocenters. The third-order valence-electron chi connectivity index (χ3n) is 5.64. The molecule has 0 fully saturated rings. The number of aliphatic hydroxyl groups is 1. The molecule has 0 saturated heterocycles. The fourth-order valence-electron chi connectivity index (χ4n) is 3.47. The molecule has 0 heterocycles. The predicted octanol–water partition coefficient (Wildman–Crippen LogP) is 4.15. The molecule has 0 saturated carbocycles. The molecular weight excluding hydrogens is 471 g/mol. The molecule has 1 N–H and O–H groups in total. The lowest BCUT2D eigenvalue weighted by atomic mass is 10.0. The summed E-state index contributed by atoms with van der Waals surface area (Å²) in [6.45, 7) is 5.32. The van der Waals surface area contributed by atoms with Gasteiger partial charge in [0.2, 0.25) is 10.0 Å². The van der Waals surface area contributed by atoms with E-state index in [2.05, 4.69) is 4.90 Å². The van der Waals surface area contributed by atoms with E-state index < -0.39 is 10.0 Å². The van der Waals surface area contributed by atoms with Crippen LogP contribution in [0.15, 0.2) is 53.4 Å². The lowest BCUT2D eigenvalue weighted by molar-refractivity contribution is 0.0194. The highest BCUT2D eigenvalue weighted by Gasteiger charge is 2.28. The van der Waals surface area contributed by atoms with Gasteiger partial charge in [-0.1, -0.05) is 48.3 Å². The van der Waals surface area contributed by atoms with Crippen LogP contribution in [0.25, 0.3) is 0 Å². The molecule has 0 aliphatic carbocycles. The van der Waals surface area contributed by atoms with Crippen LogP contribution in [0.3, 0.4) is 0 Å². The molecule has 2 aromatic carbocycles. The van der Waals surface area contributed by atoms with Gasteiger partial charge in [0.05, 0.1) is 17.6 Å². The fourth-order valence-corrected chi connectivity index (χ4v) is 4.98. The fraction of sp³-hybridized carbons (Fsp3) is 0.478. The first-order valence-electron chi connectivity index (χ1n) is 10.4. The molecule has 0 aliphatic rings. The Bertz CT molecular complexity index is 957. The summed E-state index contributed by atoms with van der Waals surface area (Å²) in [5, 5.41) is 10.9. The maximum Gasteiger partial charge on any atom is 0.242 e. The Morgan fingerprint density at radius 3 is 2.22 bits per heavy atom. The quantitative estimate of drug-likeness (QED) is 0.472. The maximum absolute atomic E-state index is 12.9. The summed E-state index contributed by atoms with van der Waals surface area (Å²) in [7, 11) is -0.551. The second kappa shape index (κ2) is 12.3. The van der Waals surface area contributed by atoms with Crippen molar-refractivity contribution in [2.75, 3.05) is 33.9 Å². The van der Waals surface area contributed by atoms with Gasteiger partial charge in [-0.2, -0.15) is 4.31 Å². The molecular formula is C23H32Cl2N2O4S. The van der Waals surface area contributed by atoms with E-state index in [0.717, 1.165) is 5.56 Å². The number of methoxy groups -OCH3 is 1. The number of ether oxygens (including phenoxy) is 1. The minimum absolute atomic E-state index is 0.000327. The first kappa shape index (κ1) is 27.1. The monoisotopic (exact) mass is 502 g/mol. The zero-order chi connectivity index (χ0) is 23.9. The molecule has 0 bridgehead atoms. The first-order chi connectivity index (χ1) is 15.1. The van der Waals surface area contributed by atoms with Gasteiger partial charge in [0, 0.05) is 49.9 Å². The van der Waals surface area contributed by atoms with Gasteiger partial charge in [0.15, 0.2) is 0 Å². The van der Waals surface area contributed by atoms with Gasteiger partial charge in [-0.25, -0.2) is 8.42 Å². The molecule has 32 heavy (non-hydrogen) atoms. The summed E-state index contributed by atoms with van der Waals surface area (Å²) in [5.74, 6) is -0.0145. The van der Waals surface area contributed by atoms with E-state index in [1.165, 1.54) is 16.4 Å². The summed E-state index contributed by atoms with van der Waals surface area (Å²) >= 11 is 12.2. The molecule has 3 atom stereocenters. The average Bonchev–Trinajstić information content (AvgIpc) is 2.77. The van der Waals surface area contributed by atoms with Crippen molar-refractivity contribution in [2.45, 2.75) is 37.4 Å². The number of aliphatic hydroxyl groups excluding tert-OH is 1. The van der Waals surface area contributed by atoms with Gasteiger partial charge < -0.3 is 9.84 Å². The minimum atomic E-state index is -3.67. The average molecular weight is 503 g/mol. The molecule has 0 aromatic heterocycles. The number of halogens is 2. The SMILES string of the molecule is CO[C@H](CN(C)S(=O)(=O)c1ccc(Cl)cc1)[C@H](C)CN(Cc1ccccc1Cl)[C@@H](C)CO. The van der Waals surface area contributed by atoms with Crippen molar-refractivity contribution in [2.24, 2.45) is 5.92 Å². The molecule has 2 rings (SSSR count). The van der Waals surface area contributed by atoms with E-state index in [0.29, 0.717) is 23.1 Å². The normalized spacial score (nSPS) is 15.2. The molecule has 0 spiro atoms. The van der Waals surface area contributed by atoms with Crippen molar-refractivity contribution in [3.05, 3.63) is 64.1 Å². The Morgan fingerprint density at radius 1 is 1.03 bits per heavy atom. The standard InChI is InChI=1S/C23H32Cl2N2O4S/c1-17(13-27(18(2)16-28)14-19-7-5-6-8-22(19)25)23(31-4)15-26(3)32(29,30)21-11-9-20(24)10-12-21/h5-12,17-18,23,28H,13-16H2,1-4H3/t17-,18+,23-/m1/s1. The van der Waals surface area contributed by atoms with Gasteiger partial charge in [0.1, 0.15) is 0 Å². The number of hydrogen-bond donors (Lipinski definition) is 1. The highest BCUT2D eigenvalue weighted by atomic mass is 35.5. The van der Waals surface area contributed by atoms with Crippen LogP contribution in [0, 0.1) is 5.92 Å². The van der Waals surface area contributed by atoms with Gasteiger partial charge in [0.25, 0.3) is 0 Å². The van der Waals surface area contributed by atoms with E-state index in [1.54, 1.807) is 26.3 Å². The van der Waals surface area contributed by atoms with Crippen molar-refractivity contribution < 1.29 is 18.3 Å². The molecule has 0 aliphatic heterocycles. The molecule has 9 heteroatoms. The van der Waals surface area contributed by atoms with E-state index in [1.807, 2.05) is 38.1 Å². The van der Waals surface area contributed by atoms with E-state index >= 15 is 0 Å². The van der Waals surface area contributed by atoms with Crippen LogP contribution in [0.1, 0.15) is 19.4 Å². The van der Waals surface area contributed by atoms with Crippen LogP contribution in [0.4, 0.5) is 0 Å². The van der Waals surface area contributed by atoms with Crippen molar-refractivity contribution >= 4 is 33.2 Å². The van der Waals surface area contributed by atoms with Gasteiger partial charge >= 0.3 is 0 Å². The second-order valence-electron chi connectivity index (χ2n) is 8.04. The lowest BCUT2D eigenvalue weighted by Gasteiger charge is -2.34. The van der Waals surface area contributed by atoms with Crippen LogP contribution < -0.4 is 0 Å². The third kappa shape index (κ3) is 7.15.